The first-order valence-electron chi connectivity index (χ1n) is 11.1. The van der Waals surface area contributed by atoms with Gasteiger partial charge in [-0.05, 0) is 48.9 Å². The van der Waals surface area contributed by atoms with Gasteiger partial charge in [-0.2, -0.15) is 5.10 Å². The fourth-order valence-electron chi connectivity index (χ4n) is 3.82. The van der Waals surface area contributed by atoms with Gasteiger partial charge in [0, 0.05) is 37.9 Å². The predicted molar refractivity (Wildman–Crippen MR) is 126 cm³/mol. The molecular formula is C25H28N4O4. The zero-order chi connectivity index (χ0) is 23.0. The summed E-state index contributed by atoms with van der Waals surface area (Å²) in [5, 5.41) is 4.31. The molecule has 33 heavy (non-hydrogen) atoms. The second kappa shape index (κ2) is 10.7. The molecule has 1 fully saturated rings. The maximum absolute atomic E-state index is 13.1. The van der Waals surface area contributed by atoms with E-state index in [1.807, 2.05) is 54.6 Å². The van der Waals surface area contributed by atoms with Crippen molar-refractivity contribution < 1.29 is 14.3 Å². The Morgan fingerprint density at radius 3 is 2.45 bits per heavy atom. The van der Waals surface area contributed by atoms with Crippen LogP contribution in [-0.2, 0) is 6.54 Å². The van der Waals surface area contributed by atoms with Crippen LogP contribution in [0, 0.1) is 0 Å². The number of rotatable bonds is 7. The van der Waals surface area contributed by atoms with E-state index in [0.717, 1.165) is 36.7 Å². The van der Waals surface area contributed by atoms with E-state index in [1.165, 1.54) is 16.8 Å². The van der Waals surface area contributed by atoms with Crippen LogP contribution in [0.2, 0.25) is 0 Å². The van der Waals surface area contributed by atoms with Crippen molar-refractivity contribution in [1.29, 1.82) is 0 Å². The lowest BCUT2D eigenvalue weighted by Gasteiger charge is -2.24. The maximum Gasteiger partial charge on any atom is 0.274 e. The van der Waals surface area contributed by atoms with Crippen molar-refractivity contribution in [1.82, 2.24) is 14.7 Å². The normalized spacial score (nSPS) is 14.0. The maximum atomic E-state index is 13.1. The van der Waals surface area contributed by atoms with Crippen molar-refractivity contribution in [3.05, 3.63) is 82.8 Å². The van der Waals surface area contributed by atoms with E-state index in [4.69, 9.17) is 9.47 Å². The smallest absolute Gasteiger partial charge is 0.274 e. The Kier molecular flexibility index (Phi) is 7.24. The van der Waals surface area contributed by atoms with Crippen molar-refractivity contribution in [3.8, 4) is 11.5 Å². The summed E-state index contributed by atoms with van der Waals surface area (Å²) in [6.07, 6.45) is 0.850. The first-order valence-corrected chi connectivity index (χ1v) is 11.1. The fraction of sp³-hybridized carbons (Fsp3) is 0.320. The van der Waals surface area contributed by atoms with Crippen LogP contribution in [0.25, 0.3) is 0 Å². The van der Waals surface area contributed by atoms with Gasteiger partial charge in [0.25, 0.3) is 11.5 Å². The standard InChI is InChI=1S/C25H28N4O4/c1-32-21-10-8-20(9-11-21)27-14-5-15-28(17-16-27)25(31)23-12-13-24(30)29(26-23)18-19-33-22-6-3-2-4-7-22/h2-4,6-13H,5,14-19H2,1H3. The molecule has 0 N–H and O–H groups in total. The number of para-hydroxylation sites is 1. The number of anilines is 1. The van der Waals surface area contributed by atoms with Gasteiger partial charge in [0.2, 0.25) is 0 Å². The molecule has 0 atom stereocenters. The topological polar surface area (TPSA) is 76.9 Å². The van der Waals surface area contributed by atoms with E-state index in [-0.39, 0.29) is 30.3 Å². The van der Waals surface area contributed by atoms with E-state index in [2.05, 4.69) is 10.00 Å². The lowest BCUT2D eigenvalue weighted by atomic mass is 10.2. The molecule has 1 amide bonds. The zero-order valence-electron chi connectivity index (χ0n) is 18.7. The Morgan fingerprint density at radius 2 is 1.70 bits per heavy atom. The summed E-state index contributed by atoms with van der Waals surface area (Å²) < 4.78 is 12.2. The number of amides is 1. The molecule has 4 rings (SSSR count). The number of carbonyl (C=O) groups excluding carboxylic acids is 1. The van der Waals surface area contributed by atoms with Crippen LogP contribution in [0.15, 0.2) is 71.5 Å². The van der Waals surface area contributed by atoms with Crippen LogP contribution < -0.4 is 19.9 Å². The SMILES string of the molecule is COc1ccc(N2CCCN(C(=O)c3ccc(=O)n(CCOc4ccccc4)n3)CC2)cc1. The summed E-state index contributed by atoms with van der Waals surface area (Å²) in [7, 11) is 1.65. The zero-order valence-corrected chi connectivity index (χ0v) is 18.7. The van der Waals surface area contributed by atoms with Crippen LogP contribution in [0.5, 0.6) is 11.5 Å². The van der Waals surface area contributed by atoms with Crippen LogP contribution in [0.1, 0.15) is 16.9 Å². The summed E-state index contributed by atoms with van der Waals surface area (Å²) in [6.45, 7) is 3.36. The number of nitrogens with zero attached hydrogens (tertiary/aromatic N) is 4. The Labute approximate surface area is 193 Å². The third-order valence-corrected chi connectivity index (χ3v) is 5.62. The molecule has 0 bridgehead atoms. The molecule has 2 heterocycles. The summed E-state index contributed by atoms with van der Waals surface area (Å²) in [6, 6.07) is 20.2. The molecule has 1 aliphatic heterocycles. The number of ether oxygens (including phenoxy) is 2. The molecule has 0 spiro atoms. The number of carbonyl (C=O) groups is 1. The average molecular weight is 449 g/mol. The van der Waals surface area contributed by atoms with Gasteiger partial charge in [-0.3, -0.25) is 9.59 Å². The van der Waals surface area contributed by atoms with E-state index in [9.17, 15) is 9.59 Å². The number of benzene rings is 2. The van der Waals surface area contributed by atoms with Gasteiger partial charge in [-0.1, -0.05) is 18.2 Å². The molecule has 0 radical (unpaired) electrons. The van der Waals surface area contributed by atoms with E-state index in [1.54, 1.807) is 12.0 Å². The highest BCUT2D eigenvalue weighted by atomic mass is 16.5. The molecular weight excluding hydrogens is 420 g/mol. The predicted octanol–water partition coefficient (Wildman–Crippen LogP) is 2.68. The molecule has 8 nitrogen and oxygen atoms in total. The minimum atomic E-state index is -0.259. The second-order valence-corrected chi connectivity index (χ2v) is 7.77. The van der Waals surface area contributed by atoms with Crippen molar-refractivity contribution in [2.75, 3.05) is 44.8 Å². The highest BCUT2D eigenvalue weighted by Crippen LogP contribution is 2.21. The number of hydrogen-bond acceptors (Lipinski definition) is 6. The summed E-state index contributed by atoms with van der Waals surface area (Å²) >= 11 is 0. The van der Waals surface area contributed by atoms with Gasteiger partial charge in [0.15, 0.2) is 0 Å². The molecule has 3 aromatic rings. The van der Waals surface area contributed by atoms with Gasteiger partial charge >= 0.3 is 0 Å². The molecule has 1 aromatic heterocycles. The van der Waals surface area contributed by atoms with Gasteiger partial charge in [-0.25, -0.2) is 4.68 Å². The molecule has 1 aliphatic rings. The minimum Gasteiger partial charge on any atom is -0.497 e. The summed E-state index contributed by atoms with van der Waals surface area (Å²) in [5.41, 5.74) is 1.12. The minimum absolute atomic E-state index is 0.163. The van der Waals surface area contributed by atoms with Crippen molar-refractivity contribution in [3.63, 3.8) is 0 Å². The second-order valence-electron chi connectivity index (χ2n) is 7.77. The third-order valence-electron chi connectivity index (χ3n) is 5.62. The largest absolute Gasteiger partial charge is 0.497 e. The Bertz CT molecular complexity index is 1120. The van der Waals surface area contributed by atoms with Crippen LogP contribution in [0.4, 0.5) is 5.69 Å². The van der Waals surface area contributed by atoms with Gasteiger partial charge in [0.05, 0.1) is 13.7 Å². The highest BCUT2D eigenvalue weighted by molar-refractivity contribution is 5.92. The Balaban J connectivity index is 1.37. The third kappa shape index (κ3) is 5.71. The van der Waals surface area contributed by atoms with E-state index < -0.39 is 0 Å². The van der Waals surface area contributed by atoms with Crippen molar-refractivity contribution in [2.24, 2.45) is 0 Å². The van der Waals surface area contributed by atoms with Gasteiger partial charge < -0.3 is 19.3 Å². The monoisotopic (exact) mass is 448 g/mol. The summed E-state index contributed by atoms with van der Waals surface area (Å²) in [4.78, 5) is 29.4. The van der Waals surface area contributed by atoms with Gasteiger partial charge in [-0.15, -0.1) is 0 Å². The molecule has 2 aromatic carbocycles. The number of hydrogen-bond donors (Lipinski definition) is 0. The summed E-state index contributed by atoms with van der Waals surface area (Å²) in [5.74, 6) is 1.38. The molecule has 0 aliphatic carbocycles. The molecule has 0 saturated carbocycles. The first kappa shape index (κ1) is 22.4. The first-order chi connectivity index (χ1) is 16.1. The molecule has 8 heteroatoms. The van der Waals surface area contributed by atoms with Crippen LogP contribution >= 0.6 is 0 Å². The Hall–Kier alpha value is -3.81. The highest BCUT2D eigenvalue weighted by Gasteiger charge is 2.22. The molecule has 0 unspecified atom stereocenters. The lowest BCUT2D eigenvalue weighted by molar-refractivity contribution is 0.0757. The lowest BCUT2D eigenvalue weighted by Crippen LogP contribution is -2.37. The number of aromatic nitrogens is 2. The van der Waals surface area contributed by atoms with Gasteiger partial charge in [0.1, 0.15) is 23.8 Å². The quantitative estimate of drug-likeness (QED) is 0.553. The molecule has 1 saturated heterocycles. The van der Waals surface area contributed by atoms with Crippen LogP contribution in [-0.4, -0.2) is 60.5 Å². The average Bonchev–Trinajstić information content (AvgIpc) is 3.12. The van der Waals surface area contributed by atoms with Crippen molar-refractivity contribution >= 4 is 11.6 Å². The van der Waals surface area contributed by atoms with E-state index >= 15 is 0 Å². The molecule has 172 valence electrons. The number of methoxy groups -OCH3 is 1. The van der Waals surface area contributed by atoms with Crippen molar-refractivity contribution in [2.45, 2.75) is 13.0 Å². The Morgan fingerprint density at radius 1 is 0.909 bits per heavy atom. The fourth-order valence-corrected chi connectivity index (χ4v) is 3.82. The van der Waals surface area contributed by atoms with Crippen LogP contribution in [0.3, 0.4) is 0 Å². The van der Waals surface area contributed by atoms with E-state index in [0.29, 0.717) is 13.1 Å².